The van der Waals surface area contributed by atoms with Crippen molar-refractivity contribution in [2.24, 2.45) is 0 Å². The monoisotopic (exact) mass is 409 g/mol. The van der Waals surface area contributed by atoms with Gasteiger partial charge < -0.3 is 14.0 Å². The van der Waals surface area contributed by atoms with E-state index in [1.165, 1.54) is 18.2 Å². The van der Waals surface area contributed by atoms with Gasteiger partial charge in [-0.1, -0.05) is 12.1 Å². The number of hydrogen-bond donors (Lipinski definition) is 0. The minimum absolute atomic E-state index is 0.199. The van der Waals surface area contributed by atoms with E-state index < -0.39 is 24.3 Å². The molecule has 0 amide bonds. The van der Waals surface area contributed by atoms with Crippen molar-refractivity contribution in [3.05, 3.63) is 64.5 Å². The van der Waals surface area contributed by atoms with E-state index in [1.807, 2.05) is 11.5 Å². The van der Waals surface area contributed by atoms with Gasteiger partial charge in [0, 0.05) is 36.7 Å². The summed E-state index contributed by atoms with van der Waals surface area (Å²) >= 11 is 0. The van der Waals surface area contributed by atoms with E-state index >= 15 is 0 Å². The van der Waals surface area contributed by atoms with Crippen molar-refractivity contribution in [3.8, 4) is 0 Å². The molecule has 0 radical (unpaired) electrons. The van der Waals surface area contributed by atoms with Gasteiger partial charge in [-0.05, 0) is 43.7 Å². The summed E-state index contributed by atoms with van der Waals surface area (Å²) in [6.45, 7) is 4.30. The fraction of sp³-hybridized carbons (Fsp3) is 0.333. The smallest absolute Gasteiger partial charge is 0.416 e. The molecular weight excluding hydrogens is 387 g/mol. The Bertz CT molecular complexity index is 913. The number of aryl methyl sites for hydroxylation is 1. The van der Waals surface area contributed by atoms with Crippen LogP contribution in [-0.2, 0) is 27.0 Å². The first-order valence-corrected chi connectivity index (χ1v) is 8.84. The van der Waals surface area contributed by atoms with Gasteiger partial charge in [-0.15, -0.1) is 0 Å². The first kappa shape index (κ1) is 22.4. The van der Waals surface area contributed by atoms with E-state index in [9.17, 15) is 22.8 Å². The number of halogens is 3. The first-order chi connectivity index (χ1) is 13.6. The van der Waals surface area contributed by atoms with Crippen LogP contribution in [0.1, 0.15) is 32.9 Å². The molecule has 0 bridgehead atoms. The molecule has 0 fully saturated rings. The summed E-state index contributed by atoms with van der Waals surface area (Å²) < 4.78 is 50.0. The van der Waals surface area contributed by atoms with Gasteiger partial charge in [0.1, 0.15) is 0 Å². The molecule has 0 aliphatic rings. The Morgan fingerprint density at radius 1 is 1.17 bits per heavy atom. The molecule has 5 nitrogen and oxygen atoms in total. The van der Waals surface area contributed by atoms with Gasteiger partial charge in [-0.25, -0.2) is 4.79 Å². The number of benzene rings is 1. The Balaban J connectivity index is 1.97. The molecule has 0 unspecified atom stereocenters. The lowest BCUT2D eigenvalue weighted by Crippen LogP contribution is -2.14. The number of carbonyl (C=O) groups is 2. The molecule has 0 atom stereocenters. The summed E-state index contributed by atoms with van der Waals surface area (Å²) in [5, 5.41) is 0. The number of Topliss-reactive ketones (excluding diaryl/α,β-unsaturated/α-hetero) is 1. The first-order valence-electron chi connectivity index (χ1n) is 8.84. The Hall–Kier alpha value is -2.87. The maximum atomic E-state index is 12.7. The number of nitrogens with zero attached hydrogens (tertiary/aromatic N) is 1. The van der Waals surface area contributed by atoms with Crippen LogP contribution in [0, 0.1) is 13.8 Å². The molecule has 156 valence electrons. The normalized spacial score (nSPS) is 11.8. The number of hydrogen-bond acceptors (Lipinski definition) is 4. The Morgan fingerprint density at radius 2 is 1.90 bits per heavy atom. The van der Waals surface area contributed by atoms with Crippen LogP contribution in [0.15, 0.2) is 36.4 Å². The second kappa shape index (κ2) is 9.56. The van der Waals surface area contributed by atoms with Crippen LogP contribution in [0.2, 0.25) is 0 Å². The van der Waals surface area contributed by atoms with Crippen LogP contribution in [-0.4, -0.2) is 36.6 Å². The lowest BCUT2D eigenvalue weighted by molar-refractivity contribution is -0.138. The minimum atomic E-state index is -4.47. The lowest BCUT2D eigenvalue weighted by atomic mass is 10.1. The van der Waals surface area contributed by atoms with Gasteiger partial charge in [0.15, 0.2) is 6.61 Å². The van der Waals surface area contributed by atoms with Gasteiger partial charge >= 0.3 is 12.1 Å². The minimum Gasteiger partial charge on any atom is -0.454 e. The number of methoxy groups -OCH3 is 1. The molecule has 1 aromatic heterocycles. The molecule has 8 heteroatoms. The fourth-order valence-electron chi connectivity index (χ4n) is 2.86. The summed E-state index contributed by atoms with van der Waals surface area (Å²) in [6, 6.07) is 6.26. The largest absolute Gasteiger partial charge is 0.454 e. The zero-order chi connectivity index (χ0) is 21.6. The number of aromatic nitrogens is 1. The summed E-state index contributed by atoms with van der Waals surface area (Å²) in [4.78, 5) is 24.2. The van der Waals surface area contributed by atoms with E-state index in [4.69, 9.17) is 9.47 Å². The summed E-state index contributed by atoms with van der Waals surface area (Å²) in [6.07, 6.45) is -2.27. The van der Waals surface area contributed by atoms with Crippen LogP contribution in [0.25, 0.3) is 6.08 Å². The van der Waals surface area contributed by atoms with E-state index in [1.54, 1.807) is 20.1 Å². The van der Waals surface area contributed by atoms with Crippen LogP contribution >= 0.6 is 0 Å². The predicted molar refractivity (Wildman–Crippen MR) is 102 cm³/mol. The molecule has 0 saturated carbocycles. The van der Waals surface area contributed by atoms with Gasteiger partial charge in [0.25, 0.3) is 0 Å². The Morgan fingerprint density at radius 3 is 2.55 bits per heavy atom. The number of ketones is 1. The lowest BCUT2D eigenvalue weighted by Gasteiger charge is -2.08. The summed E-state index contributed by atoms with van der Waals surface area (Å²) in [5.74, 6) is -1.17. The molecular formula is C21H22F3NO4. The Kier molecular flexibility index (Phi) is 7.39. The quantitative estimate of drug-likeness (QED) is 0.372. The van der Waals surface area contributed by atoms with E-state index in [0.717, 1.165) is 29.6 Å². The van der Waals surface area contributed by atoms with Gasteiger partial charge in [0.2, 0.25) is 5.78 Å². The number of alkyl halides is 3. The predicted octanol–water partition coefficient (Wildman–Crippen LogP) is 4.21. The fourth-order valence-corrected chi connectivity index (χ4v) is 2.86. The van der Waals surface area contributed by atoms with Crippen molar-refractivity contribution >= 4 is 17.8 Å². The van der Waals surface area contributed by atoms with Crippen molar-refractivity contribution in [1.29, 1.82) is 0 Å². The average molecular weight is 409 g/mol. The Labute approximate surface area is 166 Å². The zero-order valence-electron chi connectivity index (χ0n) is 16.4. The summed E-state index contributed by atoms with van der Waals surface area (Å²) in [5.41, 5.74) is 1.48. The second-order valence-corrected chi connectivity index (χ2v) is 6.42. The number of rotatable bonds is 8. The third kappa shape index (κ3) is 6.05. The van der Waals surface area contributed by atoms with Crippen LogP contribution in [0.4, 0.5) is 13.2 Å². The highest BCUT2D eigenvalue weighted by Crippen LogP contribution is 2.29. The van der Waals surface area contributed by atoms with Crippen molar-refractivity contribution in [3.63, 3.8) is 0 Å². The van der Waals surface area contributed by atoms with Crippen molar-refractivity contribution in [2.45, 2.75) is 26.6 Å². The third-order valence-corrected chi connectivity index (χ3v) is 4.36. The highest BCUT2D eigenvalue weighted by atomic mass is 19.4. The van der Waals surface area contributed by atoms with E-state index in [-0.39, 0.29) is 11.3 Å². The molecule has 0 spiro atoms. The molecule has 0 aliphatic carbocycles. The number of ether oxygens (including phenoxy) is 2. The van der Waals surface area contributed by atoms with Gasteiger partial charge in [-0.3, -0.25) is 4.79 Å². The van der Waals surface area contributed by atoms with E-state index in [0.29, 0.717) is 18.7 Å². The van der Waals surface area contributed by atoms with Crippen LogP contribution in [0.3, 0.4) is 0 Å². The van der Waals surface area contributed by atoms with Crippen molar-refractivity contribution in [1.82, 2.24) is 4.57 Å². The van der Waals surface area contributed by atoms with Crippen LogP contribution < -0.4 is 0 Å². The topological polar surface area (TPSA) is 57.5 Å². The van der Waals surface area contributed by atoms with E-state index in [2.05, 4.69) is 0 Å². The van der Waals surface area contributed by atoms with Gasteiger partial charge in [0.05, 0.1) is 12.2 Å². The second-order valence-electron chi connectivity index (χ2n) is 6.42. The molecule has 0 aliphatic heterocycles. The average Bonchev–Trinajstić information content (AvgIpc) is 2.96. The number of carbonyl (C=O) groups excluding carboxylic acids is 2. The molecule has 2 aromatic rings. The highest BCUT2D eigenvalue weighted by molar-refractivity contribution is 6.00. The van der Waals surface area contributed by atoms with Crippen molar-refractivity contribution < 1.29 is 32.2 Å². The molecule has 1 heterocycles. The van der Waals surface area contributed by atoms with Gasteiger partial charge in [-0.2, -0.15) is 13.2 Å². The standard InChI is InChI=1S/C21H22F3NO4/c1-14-11-18(15(2)25(14)9-10-28-3)19(26)13-29-20(27)8-7-16-5-4-6-17(12-16)21(22,23)24/h4-8,11-12H,9-10,13H2,1-3H3. The highest BCUT2D eigenvalue weighted by Gasteiger charge is 2.30. The molecule has 0 saturated heterocycles. The molecule has 29 heavy (non-hydrogen) atoms. The zero-order valence-corrected chi connectivity index (χ0v) is 16.4. The SMILES string of the molecule is COCCn1c(C)cc(C(=O)COC(=O)C=Cc2cccc(C(F)(F)F)c2)c1C. The maximum Gasteiger partial charge on any atom is 0.416 e. The third-order valence-electron chi connectivity index (χ3n) is 4.36. The molecule has 2 rings (SSSR count). The number of esters is 1. The summed E-state index contributed by atoms with van der Waals surface area (Å²) in [7, 11) is 1.59. The van der Waals surface area contributed by atoms with Crippen LogP contribution in [0.5, 0.6) is 0 Å². The van der Waals surface area contributed by atoms with Crippen molar-refractivity contribution in [2.75, 3.05) is 20.3 Å². The maximum absolute atomic E-state index is 12.7. The molecule has 1 aromatic carbocycles. The molecule has 0 N–H and O–H groups in total.